The molecule has 2 rings (SSSR count). The van der Waals surface area contributed by atoms with Crippen molar-refractivity contribution in [3.63, 3.8) is 0 Å². The average molecular weight is 273 g/mol. The highest BCUT2D eigenvalue weighted by atomic mass is 19.4. The molecule has 19 heavy (non-hydrogen) atoms. The fraction of sp³-hybridized carbons (Fsp3) is 0.455. The smallest absolute Gasteiger partial charge is 0.364 e. The van der Waals surface area contributed by atoms with Crippen LogP contribution in [0.25, 0.3) is 0 Å². The van der Waals surface area contributed by atoms with Crippen LogP contribution in [0.3, 0.4) is 0 Å². The summed E-state index contributed by atoms with van der Waals surface area (Å²) in [5.41, 5.74) is 0.230. The predicted molar refractivity (Wildman–Crippen MR) is 63.5 cm³/mol. The third-order valence-corrected chi connectivity index (χ3v) is 2.74. The zero-order chi connectivity index (χ0) is 14.2. The average Bonchev–Trinajstić information content (AvgIpc) is 2.78. The molecule has 8 heteroatoms. The van der Waals surface area contributed by atoms with Crippen LogP contribution in [0.5, 0.6) is 0 Å². The van der Waals surface area contributed by atoms with E-state index in [0.717, 1.165) is 10.2 Å². The molecule has 0 aliphatic rings. The molecule has 0 aliphatic carbocycles. The standard InChI is InChI=1S/C11H14F3N5/c1-7-6-18(2)17-10(7)15-4-8-5-16-19(3)9(8)11(12,13)14/h5-6H,4H2,1-3H3,(H,15,17). The maximum absolute atomic E-state index is 12.8. The molecule has 2 aromatic heterocycles. The van der Waals surface area contributed by atoms with Crippen LogP contribution in [0, 0.1) is 6.92 Å². The van der Waals surface area contributed by atoms with Gasteiger partial charge in [0.15, 0.2) is 5.82 Å². The topological polar surface area (TPSA) is 47.7 Å². The second-order valence-corrected chi connectivity index (χ2v) is 4.33. The molecule has 0 saturated carbocycles. The van der Waals surface area contributed by atoms with Crippen LogP contribution in [0.1, 0.15) is 16.8 Å². The van der Waals surface area contributed by atoms with Crippen molar-refractivity contribution in [1.29, 1.82) is 0 Å². The van der Waals surface area contributed by atoms with E-state index in [2.05, 4.69) is 15.5 Å². The largest absolute Gasteiger partial charge is 0.433 e. The van der Waals surface area contributed by atoms with Crippen molar-refractivity contribution in [3.05, 3.63) is 29.2 Å². The van der Waals surface area contributed by atoms with Gasteiger partial charge in [-0.15, -0.1) is 0 Å². The summed E-state index contributed by atoms with van der Waals surface area (Å²) in [4.78, 5) is 0. The van der Waals surface area contributed by atoms with Gasteiger partial charge in [-0.3, -0.25) is 9.36 Å². The number of nitrogens with zero attached hydrogens (tertiary/aromatic N) is 4. The van der Waals surface area contributed by atoms with Crippen molar-refractivity contribution in [2.24, 2.45) is 14.1 Å². The monoisotopic (exact) mass is 273 g/mol. The van der Waals surface area contributed by atoms with Gasteiger partial charge in [-0.2, -0.15) is 23.4 Å². The lowest BCUT2D eigenvalue weighted by molar-refractivity contribution is -0.144. The summed E-state index contributed by atoms with van der Waals surface area (Å²) in [6.07, 6.45) is -1.41. The second-order valence-electron chi connectivity index (χ2n) is 4.33. The van der Waals surface area contributed by atoms with E-state index in [1.165, 1.54) is 13.2 Å². The first-order valence-corrected chi connectivity index (χ1v) is 5.61. The zero-order valence-corrected chi connectivity index (χ0v) is 10.8. The van der Waals surface area contributed by atoms with E-state index in [1.807, 2.05) is 6.92 Å². The molecule has 1 N–H and O–H groups in total. The number of nitrogens with one attached hydrogen (secondary N) is 1. The summed E-state index contributed by atoms with van der Waals surface area (Å²) in [5.74, 6) is 0.569. The zero-order valence-electron chi connectivity index (χ0n) is 10.8. The lowest BCUT2D eigenvalue weighted by Gasteiger charge is -2.10. The molecule has 0 amide bonds. The Morgan fingerprint density at radius 3 is 2.53 bits per heavy atom. The van der Waals surface area contributed by atoms with Crippen LogP contribution in [-0.4, -0.2) is 19.6 Å². The highest BCUT2D eigenvalue weighted by Gasteiger charge is 2.37. The van der Waals surface area contributed by atoms with Crippen molar-refractivity contribution in [3.8, 4) is 0 Å². The molecule has 0 saturated heterocycles. The number of alkyl halides is 3. The Hall–Kier alpha value is -1.99. The summed E-state index contributed by atoms with van der Waals surface area (Å²) in [5, 5.41) is 10.7. The Balaban J connectivity index is 2.19. The second kappa shape index (κ2) is 4.60. The lowest BCUT2D eigenvalue weighted by atomic mass is 10.2. The first kappa shape index (κ1) is 13.4. The Kier molecular flexibility index (Phi) is 3.25. The van der Waals surface area contributed by atoms with Gasteiger partial charge in [-0.1, -0.05) is 0 Å². The van der Waals surface area contributed by atoms with Gasteiger partial charge >= 0.3 is 6.18 Å². The fourth-order valence-corrected chi connectivity index (χ4v) is 1.94. The Morgan fingerprint density at radius 1 is 1.32 bits per heavy atom. The van der Waals surface area contributed by atoms with Gasteiger partial charge in [0.05, 0.1) is 6.20 Å². The number of rotatable bonds is 3. The van der Waals surface area contributed by atoms with E-state index < -0.39 is 11.9 Å². The van der Waals surface area contributed by atoms with Crippen LogP contribution in [0.4, 0.5) is 19.0 Å². The van der Waals surface area contributed by atoms with Gasteiger partial charge in [0.1, 0.15) is 5.69 Å². The molecule has 0 aromatic carbocycles. The molecule has 0 bridgehead atoms. The molecule has 2 aromatic rings. The molecule has 0 atom stereocenters. The van der Waals surface area contributed by atoms with Crippen molar-refractivity contribution in [2.45, 2.75) is 19.6 Å². The van der Waals surface area contributed by atoms with Gasteiger partial charge < -0.3 is 5.32 Å². The van der Waals surface area contributed by atoms with Gasteiger partial charge in [0.25, 0.3) is 0 Å². The predicted octanol–water partition coefficient (Wildman–Crippen LogP) is 2.09. The normalized spacial score (nSPS) is 11.9. The molecule has 0 spiro atoms. The molecule has 0 aliphatic heterocycles. The van der Waals surface area contributed by atoms with Crippen LogP contribution < -0.4 is 5.32 Å². The minimum atomic E-state index is -4.42. The molecule has 104 valence electrons. The van der Waals surface area contributed by atoms with Crippen LogP contribution >= 0.6 is 0 Å². The number of aryl methyl sites for hydroxylation is 3. The number of anilines is 1. The van der Waals surface area contributed by atoms with Gasteiger partial charge in [0, 0.05) is 38.0 Å². The van der Waals surface area contributed by atoms with Crippen molar-refractivity contribution >= 4 is 5.82 Å². The van der Waals surface area contributed by atoms with E-state index in [4.69, 9.17) is 0 Å². The molecular weight excluding hydrogens is 259 g/mol. The number of hydrogen-bond acceptors (Lipinski definition) is 3. The van der Waals surface area contributed by atoms with E-state index in [0.29, 0.717) is 5.82 Å². The van der Waals surface area contributed by atoms with E-state index in [1.54, 1.807) is 17.9 Å². The number of aromatic nitrogens is 4. The quantitative estimate of drug-likeness (QED) is 0.931. The minimum absolute atomic E-state index is 0.0283. The van der Waals surface area contributed by atoms with E-state index in [9.17, 15) is 13.2 Å². The Labute approximate surface area is 108 Å². The van der Waals surface area contributed by atoms with Crippen molar-refractivity contribution in [1.82, 2.24) is 19.6 Å². The third kappa shape index (κ3) is 2.72. The van der Waals surface area contributed by atoms with Crippen LogP contribution in [0.2, 0.25) is 0 Å². The Morgan fingerprint density at radius 2 is 2.00 bits per heavy atom. The molecule has 5 nitrogen and oxygen atoms in total. The molecule has 0 fully saturated rings. The van der Waals surface area contributed by atoms with Gasteiger partial charge in [-0.25, -0.2) is 0 Å². The summed E-state index contributed by atoms with van der Waals surface area (Å²) in [7, 11) is 3.03. The summed E-state index contributed by atoms with van der Waals surface area (Å²) in [6, 6.07) is 0. The number of hydrogen-bond donors (Lipinski definition) is 1. The highest BCUT2D eigenvalue weighted by molar-refractivity contribution is 5.42. The maximum Gasteiger partial charge on any atom is 0.433 e. The molecular formula is C11H14F3N5. The summed E-state index contributed by atoms with van der Waals surface area (Å²) >= 11 is 0. The van der Waals surface area contributed by atoms with E-state index in [-0.39, 0.29) is 12.1 Å². The molecule has 0 unspecified atom stereocenters. The Bertz CT molecular complexity index is 582. The third-order valence-electron chi connectivity index (χ3n) is 2.74. The molecule has 0 radical (unpaired) electrons. The van der Waals surface area contributed by atoms with E-state index >= 15 is 0 Å². The minimum Gasteiger partial charge on any atom is -0.364 e. The first-order chi connectivity index (χ1) is 8.79. The maximum atomic E-state index is 12.8. The fourth-order valence-electron chi connectivity index (χ4n) is 1.94. The highest BCUT2D eigenvalue weighted by Crippen LogP contribution is 2.31. The van der Waals surface area contributed by atoms with Crippen LogP contribution in [0.15, 0.2) is 12.4 Å². The van der Waals surface area contributed by atoms with Crippen molar-refractivity contribution in [2.75, 3.05) is 5.32 Å². The lowest BCUT2D eigenvalue weighted by Crippen LogP contribution is -2.15. The summed E-state index contributed by atoms with van der Waals surface area (Å²) < 4.78 is 41.0. The molecule has 2 heterocycles. The summed E-state index contributed by atoms with van der Waals surface area (Å²) in [6.45, 7) is 1.86. The SMILES string of the molecule is Cc1cn(C)nc1NCc1cnn(C)c1C(F)(F)F. The first-order valence-electron chi connectivity index (χ1n) is 5.61. The number of halogens is 3. The van der Waals surface area contributed by atoms with Crippen molar-refractivity contribution < 1.29 is 13.2 Å². The van der Waals surface area contributed by atoms with Gasteiger partial charge in [-0.05, 0) is 6.92 Å². The van der Waals surface area contributed by atoms with Gasteiger partial charge in [0.2, 0.25) is 0 Å². The van der Waals surface area contributed by atoms with Crippen LogP contribution in [-0.2, 0) is 26.8 Å².